The lowest BCUT2D eigenvalue weighted by molar-refractivity contribution is -0.138. The lowest BCUT2D eigenvalue weighted by Crippen LogP contribution is -2.29. The SMILES string of the molecule is COc1ccc(CN(Cc2ccc(OC)cc2)c2nc(-c3ccc(C)o3)c3c(n2)N(Cc2ccccc2C(F)(F)F)C(=O)C3)cc1. The molecule has 8 nitrogen and oxygen atoms in total. The Hall–Kier alpha value is -5.32. The zero-order valence-electron chi connectivity index (χ0n) is 25.5. The van der Waals surface area contributed by atoms with Gasteiger partial charge in [0, 0.05) is 18.7 Å². The van der Waals surface area contributed by atoms with Gasteiger partial charge in [0.05, 0.1) is 32.7 Å². The van der Waals surface area contributed by atoms with Crippen LogP contribution in [0.4, 0.5) is 24.9 Å². The second-order valence-electron chi connectivity index (χ2n) is 10.9. The Morgan fingerprint density at radius 3 is 2.00 bits per heavy atom. The van der Waals surface area contributed by atoms with Crippen LogP contribution in [0.25, 0.3) is 11.5 Å². The number of amides is 1. The summed E-state index contributed by atoms with van der Waals surface area (Å²) in [5, 5.41) is 0. The Morgan fingerprint density at radius 1 is 0.848 bits per heavy atom. The molecule has 3 heterocycles. The van der Waals surface area contributed by atoms with Crippen molar-refractivity contribution in [3.63, 3.8) is 0 Å². The molecule has 0 aliphatic carbocycles. The van der Waals surface area contributed by atoms with Crippen LogP contribution in [0.3, 0.4) is 0 Å². The summed E-state index contributed by atoms with van der Waals surface area (Å²) in [7, 11) is 3.20. The molecule has 46 heavy (non-hydrogen) atoms. The summed E-state index contributed by atoms with van der Waals surface area (Å²) in [6.45, 7) is 2.27. The fourth-order valence-corrected chi connectivity index (χ4v) is 5.49. The summed E-state index contributed by atoms with van der Waals surface area (Å²) in [5.41, 5.74) is 1.98. The highest BCUT2D eigenvalue weighted by Gasteiger charge is 2.38. The number of furan rings is 1. The Morgan fingerprint density at radius 2 is 1.46 bits per heavy atom. The Kier molecular flexibility index (Phi) is 8.40. The molecule has 3 aromatic carbocycles. The molecular formula is C35H31F3N4O4. The average Bonchev–Trinajstić information content (AvgIpc) is 3.63. The first-order valence-corrected chi connectivity index (χ1v) is 14.6. The molecule has 6 rings (SSSR count). The van der Waals surface area contributed by atoms with Crippen LogP contribution in [0.2, 0.25) is 0 Å². The molecule has 236 valence electrons. The number of aryl methyl sites for hydroxylation is 1. The van der Waals surface area contributed by atoms with Crippen LogP contribution in [0.15, 0.2) is 89.3 Å². The molecule has 1 aliphatic rings. The molecular weight excluding hydrogens is 597 g/mol. The molecule has 11 heteroatoms. The lowest BCUT2D eigenvalue weighted by atomic mass is 10.1. The smallest absolute Gasteiger partial charge is 0.416 e. The van der Waals surface area contributed by atoms with Gasteiger partial charge in [0.25, 0.3) is 0 Å². The van der Waals surface area contributed by atoms with Crippen LogP contribution >= 0.6 is 0 Å². The highest BCUT2D eigenvalue weighted by Crippen LogP contribution is 2.39. The number of ether oxygens (including phenoxy) is 2. The van der Waals surface area contributed by atoms with E-state index in [1.807, 2.05) is 53.4 Å². The third-order valence-corrected chi connectivity index (χ3v) is 7.83. The monoisotopic (exact) mass is 628 g/mol. The van der Waals surface area contributed by atoms with E-state index in [1.165, 1.54) is 23.1 Å². The fourth-order valence-electron chi connectivity index (χ4n) is 5.49. The number of aromatic nitrogens is 2. The van der Waals surface area contributed by atoms with Gasteiger partial charge in [0.2, 0.25) is 11.9 Å². The quantitative estimate of drug-likeness (QED) is 0.160. The number of alkyl halides is 3. The van der Waals surface area contributed by atoms with Crippen LogP contribution in [0.1, 0.15) is 33.6 Å². The number of nitrogens with zero attached hydrogens (tertiary/aromatic N) is 4. The van der Waals surface area contributed by atoms with E-state index in [9.17, 15) is 18.0 Å². The summed E-state index contributed by atoms with van der Waals surface area (Å²) < 4.78 is 58.4. The molecule has 0 unspecified atom stereocenters. The van der Waals surface area contributed by atoms with E-state index >= 15 is 0 Å². The highest BCUT2D eigenvalue weighted by molar-refractivity contribution is 6.02. The van der Waals surface area contributed by atoms with E-state index in [-0.39, 0.29) is 30.3 Å². The van der Waals surface area contributed by atoms with Crippen molar-refractivity contribution in [2.45, 2.75) is 39.2 Å². The largest absolute Gasteiger partial charge is 0.497 e. The van der Waals surface area contributed by atoms with Gasteiger partial charge in [-0.1, -0.05) is 42.5 Å². The van der Waals surface area contributed by atoms with E-state index in [1.54, 1.807) is 33.3 Å². The van der Waals surface area contributed by atoms with Crippen molar-refractivity contribution in [3.05, 3.63) is 119 Å². The van der Waals surface area contributed by atoms with Crippen molar-refractivity contribution < 1.29 is 31.9 Å². The van der Waals surface area contributed by atoms with Gasteiger partial charge < -0.3 is 18.8 Å². The molecule has 2 aromatic heterocycles. The number of benzene rings is 3. The maximum Gasteiger partial charge on any atom is 0.416 e. The third-order valence-electron chi connectivity index (χ3n) is 7.83. The number of carbonyl (C=O) groups excluding carboxylic acids is 1. The van der Waals surface area contributed by atoms with Crippen LogP contribution in [-0.2, 0) is 37.0 Å². The second kappa shape index (κ2) is 12.6. The number of anilines is 2. The number of halogens is 3. The van der Waals surface area contributed by atoms with E-state index in [4.69, 9.17) is 23.9 Å². The van der Waals surface area contributed by atoms with Gasteiger partial charge in [-0.15, -0.1) is 0 Å². The van der Waals surface area contributed by atoms with E-state index < -0.39 is 11.7 Å². The van der Waals surface area contributed by atoms with Crippen LogP contribution in [-0.4, -0.2) is 30.1 Å². The molecule has 5 aromatic rings. The van der Waals surface area contributed by atoms with Crippen LogP contribution in [0, 0.1) is 6.92 Å². The predicted octanol–water partition coefficient (Wildman–Crippen LogP) is 7.38. The van der Waals surface area contributed by atoms with Gasteiger partial charge in [-0.25, -0.2) is 4.98 Å². The summed E-state index contributed by atoms with van der Waals surface area (Å²) in [5.74, 6) is 2.68. The number of hydrogen-bond acceptors (Lipinski definition) is 7. The third kappa shape index (κ3) is 6.39. The van der Waals surface area contributed by atoms with Gasteiger partial charge >= 0.3 is 6.18 Å². The molecule has 0 saturated heterocycles. The topological polar surface area (TPSA) is 80.9 Å². The minimum Gasteiger partial charge on any atom is -0.497 e. The van der Waals surface area contributed by atoms with Crippen molar-refractivity contribution in [1.82, 2.24) is 9.97 Å². The zero-order valence-corrected chi connectivity index (χ0v) is 25.5. The Balaban J connectivity index is 1.47. The second-order valence-corrected chi connectivity index (χ2v) is 10.9. The normalized spacial score (nSPS) is 12.7. The van der Waals surface area contributed by atoms with Crippen molar-refractivity contribution >= 4 is 17.7 Å². The number of fused-ring (bicyclic) bond motifs is 1. The molecule has 0 atom stereocenters. The fraction of sp³-hybridized carbons (Fsp3) is 0.229. The van der Waals surface area contributed by atoms with E-state index in [2.05, 4.69) is 0 Å². The van der Waals surface area contributed by atoms with Gasteiger partial charge in [-0.3, -0.25) is 9.69 Å². The Bertz CT molecular complexity index is 1800. The first-order valence-electron chi connectivity index (χ1n) is 14.6. The number of hydrogen-bond donors (Lipinski definition) is 0. The van der Waals surface area contributed by atoms with Crippen LogP contribution < -0.4 is 19.3 Å². The average molecular weight is 629 g/mol. The Labute approximate surface area is 264 Å². The molecule has 0 spiro atoms. The number of carbonyl (C=O) groups is 1. The van der Waals surface area contributed by atoms with Gasteiger partial charge in [0.15, 0.2) is 5.76 Å². The minimum atomic E-state index is -4.58. The zero-order chi connectivity index (χ0) is 32.4. The van der Waals surface area contributed by atoms with Crippen molar-refractivity contribution in [3.8, 4) is 23.0 Å². The van der Waals surface area contributed by atoms with Crippen LogP contribution in [0.5, 0.6) is 11.5 Å². The molecule has 0 radical (unpaired) electrons. The first-order chi connectivity index (χ1) is 22.1. The minimum absolute atomic E-state index is 0.0277. The van der Waals surface area contributed by atoms with Crippen molar-refractivity contribution in [1.29, 1.82) is 0 Å². The standard InChI is InChI=1S/C35H31F3N4O4/c1-22-8-17-30(46-22)32-28-18-31(43)42(21-25-6-4-5-7-29(25)35(36,37)38)33(28)40-34(39-32)41(19-23-9-13-26(44-2)14-10-23)20-24-11-15-27(45-3)16-12-24/h4-17H,18-21H2,1-3H3. The predicted molar refractivity (Wildman–Crippen MR) is 167 cm³/mol. The summed E-state index contributed by atoms with van der Waals surface area (Å²) in [6, 6.07) is 24.0. The van der Waals surface area contributed by atoms with Crippen molar-refractivity contribution in [2.24, 2.45) is 0 Å². The molecule has 0 saturated carbocycles. The van der Waals surface area contributed by atoms with Gasteiger partial charge in [-0.2, -0.15) is 18.2 Å². The first kappa shape index (κ1) is 30.7. The molecule has 0 fully saturated rings. The van der Waals surface area contributed by atoms with Gasteiger partial charge in [0.1, 0.15) is 28.8 Å². The van der Waals surface area contributed by atoms with Crippen molar-refractivity contribution in [2.75, 3.05) is 24.0 Å². The highest BCUT2D eigenvalue weighted by atomic mass is 19.4. The van der Waals surface area contributed by atoms with Gasteiger partial charge in [-0.05, 0) is 66.1 Å². The summed E-state index contributed by atoms with van der Waals surface area (Å²) >= 11 is 0. The number of methoxy groups -OCH3 is 2. The maximum absolute atomic E-state index is 13.9. The molecule has 0 bridgehead atoms. The maximum atomic E-state index is 13.9. The van der Waals surface area contributed by atoms with E-state index in [0.717, 1.165) is 17.2 Å². The number of rotatable bonds is 10. The van der Waals surface area contributed by atoms with E-state index in [0.29, 0.717) is 53.3 Å². The summed E-state index contributed by atoms with van der Waals surface area (Å²) in [4.78, 5) is 26.5. The molecule has 1 amide bonds. The summed E-state index contributed by atoms with van der Waals surface area (Å²) in [6.07, 6.45) is -4.65. The lowest BCUT2D eigenvalue weighted by Gasteiger charge is -2.26. The molecule has 1 aliphatic heterocycles. The molecule has 0 N–H and O–H groups in total.